The highest BCUT2D eigenvalue weighted by molar-refractivity contribution is 5.84. The molecule has 0 N–H and O–H groups in total. The van der Waals surface area contributed by atoms with E-state index in [1.165, 1.54) is 44.8 Å². The summed E-state index contributed by atoms with van der Waals surface area (Å²) in [5.41, 5.74) is 8.58. The number of hydrogen-bond acceptors (Lipinski definition) is 0. The van der Waals surface area contributed by atoms with Crippen LogP contribution < -0.4 is 4.57 Å². The lowest BCUT2D eigenvalue weighted by molar-refractivity contribution is -0.633. The summed E-state index contributed by atoms with van der Waals surface area (Å²) in [6.07, 6.45) is 0. The van der Waals surface area contributed by atoms with E-state index in [-0.39, 0.29) is 0 Å². The Morgan fingerprint density at radius 2 is 1.31 bits per heavy atom. The standard InChI is InChI=1S/C27H23N2/c1-20-11-9-10-16-24(20)27-28(2)26-19-22(21-12-5-3-6-13-21)17-18-25(26)29(27)23-14-7-4-8-15-23/h3-19H,1-2H3/q+1. The minimum atomic E-state index is 1.17. The van der Waals surface area contributed by atoms with Gasteiger partial charge in [-0.15, -0.1) is 0 Å². The highest BCUT2D eigenvalue weighted by atomic mass is 15.2. The Morgan fingerprint density at radius 3 is 2.03 bits per heavy atom. The number of benzene rings is 4. The first-order valence-corrected chi connectivity index (χ1v) is 9.95. The molecule has 0 aliphatic rings. The van der Waals surface area contributed by atoms with Crippen LogP contribution in [-0.2, 0) is 7.05 Å². The summed E-state index contributed by atoms with van der Waals surface area (Å²) in [6.45, 7) is 2.18. The summed E-state index contributed by atoms with van der Waals surface area (Å²) in [4.78, 5) is 0. The van der Waals surface area contributed by atoms with Crippen molar-refractivity contribution in [3.63, 3.8) is 0 Å². The third-order valence-electron chi connectivity index (χ3n) is 5.61. The van der Waals surface area contributed by atoms with Crippen LogP contribution in [0.5, 0.6) is 0 Å². The molecular formula is C27H23N2+. The lowest BCUT2D eigenvalue weighted by Crippen LogP contribution is -2.30. The number of nitrogens with zero attached hydrogens (tertiary/aromatic N) is 2. The van der Waals surface area contributed by atoms with Gasteiger partial charge in [0.05, 0.1) is 12.6 Å². The van der Waals surface area contributed by atoms with Gasteiger partial charge in [0.1, 0.15) is 5.69 Å². The van der Waals surface area contributed by atoms with Crippen LogP contribution >= 0.6 is 0 Å². The number of aromatic nitrogens is 2. The minimum absolute atomic E-state index is 1.17. The molecule has 0 unspecified atom stereocenters. The molecule has 0 saturated heterocycles. The lowest BCUT2D eigenvalue weighted by atomic mass is 10.1. The molecule has 1 aromatic heterocycles. The summed E-state index contributed by atoms with van der Waals surface area (Å²) in [7, 11) is 2.16. The Bertz CT molecular complexity index is 1300. The smallest absolute Gasteiger partial charge is 0.225 e. The van der Waals surface area contributed by atoms with Crippen molar-refractivity contribution in [2.75, 3.05) is 0 Å². The predicted octanol–water partition coefficient (Wildman–Crippen LogP) is 6.10. The maximum Gasteiger partial charge on any atom is 0.295 e. The summed E-state index contributed by atoms with van der Waals surface area (Å²) < 4.78 is 4.68. The molecule has 0 spiro atoms. The van der Waals surface area contributed by atoms with E-state index in [0.717, 1.165) is 0 Å². The molecule has 0 radical (unpaired) electrons. The molecule has 1 heterocycles. The van der Waals surface area contributed by atoms with Crippen LogP contribution in [0.4, 0.5) is 0 Å². The van der Waals surface area contributed by atoms with E-state index in [2.05, 4.69) is 126 Å². The first kappa shape index (κ1) is 17.4. The fourth-order valence-corrected chi connectivity index (χ4v) is 4.13. The van der Waals surface area contributed by atoms with Crippen molar-refractivity contribution in [3.8, 4) is 28.2 Å². The zero-order chi connectivity index (χ0) is 19.8. The van der Waals surface area contributed by atoms with E-state index in [4.69, 9.17) is 0 Å². The summed E-state index contributed by atoms with van der Waals surface area (Å²) in [6, 6.07) is 36.5. The lowest BCUT2D eigenvalue weighted by Gasteiger charge is -2.06. The Morgan fingerprint density at radius 1 is 0.655 bits per heavy atom. The second kappa shape index (κ2) is 7.06. The second-order valence-electron chi connectivity index (χ2n) is 7.44. The molecule has 0 aliphatic carbocycles. The van der Waals surface area contributed by atoms with Crippen molar-refractivity contribution in [1.29, 1.82) is 0 Å². The molecule has 0 aliphatic heterocycles. The van der Waals surface area contributed by atoms with Gasteiger partial charge < -0.3 is 0 Å². The van der Waals surface area contributed by atoms with Gasteiger partial charge in [0, 0.05) is 0 Å². The van der Waals surface area contributed by atoms with Crippen molar-refractivity contribution in [2.45, 2.75) is 6.92 Å². The van der Waals surface area contributed by atoms with Crippen molar-refractivity contribution >= 4 is 11.0 Å². The van der Waals surface area contributed by atoms with Gasteiger partial charge in [-0.2, -0.15) is 4.57 Å². The zero-order valence-electron chi connectivity index (χ0n) is 16.7. The molecule has 0 saturated carbocycles. The van der Waals surface area contributed by atoms with Crippen LogP contribution in [0.1, 0.15) is 5.56 Å². The third kappa shape index (κ3) is 2.94. The molecule has 4 aromatic carbocycles. The predicted molar refractivity (Wildman–Crippen MR) is 120 cm³/mol. The van der Waals surface area contributed by atoms with Gasteiger partial charge in [0.2, 0.25) is 0 Å². The molecule has 140 valence electrons. The average Bonchev–Trinajstić information content (AvgIpc) is 3.07. The first-order chi connectivity index (χ1) is 14.2. The van der Waals surface area contributed by atoms with E-state index >= 15 is 0 Å². The fraction of sp³-hybridized carbons (Fsp3) is 0.0741. The number of hydrogen-bond donors (Lipinski definition) is 0. The van der Waals surface area contributed by atoms with Crippen LogP contribution in [0.15, 0.2) is 103 Å². The SMILES string of the molecule is Cc1ccccc1-c1n(-c2ccccc2)c2ccc(-c3ccccc3)cc2[n+]1C. The highest BCUT2D eigenvalue weighted by Crippen LogP contribution is 2.31. The van der Waals surface area contributed by atoms with Crippen LogP contribution in [0, 0.1) is 6.92 Å². The quantitative estimate of drug-likeness (QED) is 0.337. The topological polar surface area (TPSA) is 8.81 Å². The van der Waals surface area contributed by atoms with E-state index in [9.17, 15) is 0 Å². The molecule has 5 aromatic rings. The molecule has 0 fully saturated rings. The van der Waals surface area contributed by atoms with Gasteiger partial charge in [0.15, 0.2) is 11.0 Å². The summed E-state index contributed by atoms with van der Waals surface area (Å²) in [5.74, 6) is 1.19. The highest BCUT2D eigenvalue weighted by Gasteiger charge is 2.27. The molecule has 0 amide bonds. The van der Waals surface area contributed by atoms with Crippen LogP contribution in [0.25, 0.3) is 39.2 Å². The van der Waals surface area contributed by atoms with Gasteiger partial charge in [-0.25, -0.2) is 4.57 Å². The number of imidazole rings is 1. The van der Waals surface area contributed by atoms with E-state index < -0.39 is 0 Å². The van der Waals surface area contributed by atoms with Crippen LogP contribution in [-0.4, -0.2) is 4.57 Å². The molecule has 0 atom stereocenters. The van der Waals surface area contributed by atoms with E-state index in [0.29, 0.717) is 0 Å². The molecular weight excluding hydrogens is 352 g/mol. The summed E-state index contributed by atoms with van der Waals surface area (Å²) in [5, 5.41) is 0. The van der Waals surface area contributed by atoms with Crippen LogP contribution in [0.2, 0.25) is 0 Å². The monoisotopic (exact) mass is 375 g/mol. The molecule has 2 nitrogen and oxygen atoms in total. The average molecular weight is 375 g/mol. The van der Waals surface area contributed by atoms with Gasteiger partial charge in [-0.05, 0) is 60.0 Å². The minimum Gasteiger partial charge on any atom is -0.225 e. The number of para-hydroxylation sites is 1. The fourth-order valence-electron chi connectivity index (χ4n) is 4.13. The Labute approximate surface area is 171 Å². The largest absolute Gasteiger partial charge is 0.295 e. The van der Waals surface area contributed by atoms with E-state index in [1.54, 1.807) is 0 Å². The number of rotatable bonds is 3. The second-order valence-corrected chi connectivity index (χ2v) is 7.44. The van der Waals surface area contributed by atoms with Crippen molar-refractivity contribution in [2.24, 2.45) is 7.05 Å². The maximum absolute atomic E-state index is 2.37. The van der Waals surface area contributed by atoms with Gasteiger partial charge in [0.25, 0.3) is 5.82 Å². The zero-order valence-corrected chi connectivity index (χ0v) is 16.7. The maximum atomic E-state index is 2.37. The number of aryl methyl sites for hydroxylation is 2. The molecule has 2 heteroatoms. The van der Waals surface area contributed by atoms with Gasteiger partial charge >= 0.3 is 0 Å². The molecule has 5 rings (SSSR count). The van der Waals surface area contributed by atoms with E-state index in [1.807, 2.05) is 0 Å². The van der Waals surface area contributed by atoms with Crippen LogP contribution in [0.3, 0.4) is 0 Å². The van der Waals surface area contributed by atoms with Gasteiger partial charge in [-0.3, -0.25) is 0 Å². The third-order valence-corrected chi connectivity index (χ3v) is 5.61. The Hall–Kier alpha value is -3.65. The van der Waals surface area contributed by atoms with Gasteiger partial charge in [-0.1, -0.05) is 66.7 Å². The van der Waals surface area contributed by atoms with Crippen molar-refractivity contribution < 1.29 is 4.57 Å². The normalized spacial score (nSPS) is 11.1. The van der Waals surface area contributed by atoms with Crippen molar-refractivity contribution in [3.05, 3.63) is 109 Å². The Kier molecular flexibility index (Phi) is 4.25. The molecule has 0 bridgehead atoms. The molecule has 29 heavy (non-hydrogen) atoms. The number of fused-ring (bicyclic) bond motifs is 1. The summed E-state index contributed by atoms with van der Waals surface area (Å²) >= 11 is 0. The Balaban J connectivity index is 1.85. The first-order valence-electron chi connectivity index (χ1n) is 9.95. The van der Waals surface area contributed by atoms with Crippen molar-refractivity contribution in [1.82, 2.24) is 4.57 Å².